The van der Waals surface area contributed by atoms with Crippen LogP contribution in [0.2, 0.25) is 0 Å². The van der Waals surface area contributed by atoms with E-state index in [1.807, 2.05) is 45.0 Å². The standard InChI is InChI=1S/C16H22N2O3/c1-15(2,3)16(21-14(17)20)10-9-11-7-5-6-8-12(11)18(4)13(16)19/h5-8H,9-10H2,1-4H3,(H2,17,20)/t16-/m1/s1. The van der Waals surface area contributed by atoms with Gasteiger partial charge in [-0.15, -0.1) is 0 Å². The van der Waals surface area contributed by atoms with Gasteiger partial charge < -0.3 is 15.4 Å². The predicted octanol–water partition coefficient (Wildman–Crippen LogP) is 2.48. The fraction of sp³-hybridized carbons (Fsp3) is 0.500. The lowest BCUT2D eigenvalue weighted by Crippen LogP contribution is -2.58. The van der Waals surface area contributed by atoms with Gasteiger partial charge in [0.05, 0.1) is 0 Å². The van der Waals surface area contributed by atoms with Gasteiger partial charge in [0.15, 0.2) is 5.60 Å². The Hall–Kier alpha value is -2.04. The summed E-state index contributed by atoms with van der Waals surface area (Å²) in [6, 6.07) is 7.72. The van der Waals surface area contributed by atoms with Gasteiger partial charge in [-0.2, -0.15) is 0 Å². The fourth-order valence-corrected chi connectivity index (χ4v) is 2.96. The quantitative estimate of drug-likeness (QED) is 0.863. The van der Waals surface area contributed by atoms with Crippen LogP contribution in [0.4, 0.5) is 10.5 Å². The fourth-order valence-electron chi connectivity index (χ4n) is 2.96. The van der Waals surface area contributed by atoms with E-state index in [9.17, 15) is 9.59 Å². The molecule has 1 aliphatic rings. The Morgan fingerprint density at radius 2 is 1.95 bits per heavy atom. The average Bonchev–Trinajstić information content (AvgIpc) is 2.49. The van der Waals surface area contributed by atoms with Crippen LogP contribution in [-0.4, -0.2) is 24.6 Å². The summed E-state index contributed by atoms with van der Waals surface area (Å²) in [6.45, 7) is 5.66. The Morgan fingerprint density at radius 3 is 2.52 bits per heavy atom. The van der Waals surface area contributed by atoms with E-state index < -0.39 is 17.1 Å². The number of aryl methyl sites for hydroxylation is 1. The molecule has 1 atom stereocenters. The van der Waals surface area contributed by atoms with E-state index in [0.29, 0.717) is 12.8 Å². The van der Waals surface area contributed by atoms with Crippen molar-refractivity contribution in [2.45, 2.75) is 39.2 Å². The first-order valence-corrected chi connectivity index (χ1v) is 7.03. The molecule has 0 fully saturated rings. The van der Waals surface area contributed by atoms with Crippen molar-refractivity contribution < 1.29 is 14.3 Å². The smallest absolute Gasteiger partial charge is 0.405 e. The van der Waals surface area contributed by atoms with E-state index in [-0.39, 0.29) is 5.91 Å². The summed E-state index contributed by atoms with van der Waals surface area (Å²) in [5.41, 5.74) is 5.33. The maximum atomic E-state index is 13.0. The summed E-state index contributed by atoms with van der Waals surface area (Å²) in [4.78, 5) is 26.0. The largest absolute Gasteiger partial charge is 0.432 e. The summed E-state index contributed by atoms with van der Waals surface area (Å²) in [7, 11) is 1.71. The van der Waals surface area contributed by atoms with Crippen molar-refractivity contribution in [2.75, 3.05) is 11.9 Å². The van der Waals surface area contributed by atoms with Crippen LogP contribution >= 0.6 is 0 Å². The minimum absolute atomic E-state index is 0.237. The summed E-state index contributed by atoms with van der Waals surface area (Å²) in [5.74, 6) is -0.237. The average molecular weight is 290 g/mol. The molecule has 1 aromatic carbocycles. The van der Waals surface area contributed by atoms with Gasteiger partial charge in [-0.25, -0.2) is 4.79 Å². The van der Waals surface area contributed by atoms with E-state index in [1.54, 1.807) is 11.9 Å². The SMILES string of the molecule is CN1C(=O)[C@@](OC(N)=O)(C(C)(C)C)CCc2ccccc21. The third-order valence-corrected chi connectivity index (χ3v) is 4.24. The van der Waals surface area contributed by atoms with Crippen molar-refractivity contribution in [1.29, 1.82) is 0 Å². The molecule has 5 nitrogen and oxygen atoms in total. The molecule has 0 unspecified atom stereocenters. The zero-order chi connectivity index (χ0) is 15.8. The molecule has 0 saturated heterocycles. The minimum Gasteiger partial charge on any atom is -0.432 e. The second kappa shape index (κ2) is 5.06. The van der Waals surface area contributed by atoms with Crippen molar-refractivity contribution in [2.24, 2.45) is 11.1 Å². The molecule has 0 radical (unpaired) electrons. The van der Waals surface area contributed by atoms with Crippen LogP contribution in [0, 0.1) is 5.41 Å². The highest BCUT2D eigenvalue weighted by atomic mass is 16.6. The number of benzene rings is 1. The van der Waals surface area contributed by atoms with E-state index in [1.165, 1.54) is 0 Å². The number of hydrogen-bond acceptors (Lipinski definition) is 3. The third-order valence-electron chi connectivity index (χ3n) is 4.24. The number of ether oxygens (including phenoxy) is 1. The molecule has 2 N–H and O–H groups in total. The van der Waals surface area contributed by atoms with E-state index in [2.05, 4.69) is 0 Å². The third kappa shape index (κ3) is 2.48. The van der Waals surface area contributed by atoms with Crippen LogP contribution in [0.5, 0.6) is 0 Å². The van der Waals surface area contributed by atoms with Crippen molar-refractivity contribution in [1.82, 2.24) is 0 Å². The predicted molar refractivity (Wildman–Crippen MR) is 81.0 cm³/mol. The number of anilines is 1. The molecule has 0 aliphatic carbocycles. The lowest BCUT2D eigenvalue weighted by Gasteiger charge is -2.42. The van der Waals surface area contributed by atoms with Gasteiger partial charge in [0.25, 0.3) is 5.91 Å². The molecule has 0 saturated carbocycles. The number of fused-ring (bicyclic) bond motifs is 1. The number of primary amides is 1. The molecule has 21 heavy (non-hydrogen) atoms. The number of carbonyl (C=O) groups excluding carboxylic acids is 2. The number of nitrogens with two attached hydrogens (primary N) is 1. The molecule has 5 heteroatoms. The molecule has 2 rings (SSSR count). The van der Waals surface area contributed by atoms with Crippen molar-refractivity contribution in [3.63, 3.8) is 0 Å². The molecule has 1 aromatic rings. The van der Waals surface area contributed by atoms with Gasteiger partial charge in [-0.3, -0.25) is 4.79 Å². The Balaban J connectivity index is 2.55. The van der Waals surface area contributed by atoms with Crippen LogP contribution in [0.25, 0.3) is 0 Å². The molecule has 2 amide bonds. The van der Waals surface area contributed by atoms with Crippen LogP contribution in [0.15, 0.2) is 24.3 Å². The van der Waals surface area contributed by atoms with Crippen LogP contribution in [0.3, 0.4) is 0 Å². The Bertz CT molecular complexity index is 577. The van der Waals surface area contributed by atoms with E-state index in [0.717, 1.165) is 11.3 Å². The van der Waals surface area contributed by atoms with Crippen LogP contribution in [-0.2, 0) is 16.0 Å². The molecule has 0 aromatic heterocycles. The Labute approximate surface area is 125 Å². The summed E-state index contributed by atoms with van der Waals surface area (Å²) in [6.07, 6.45) is 0.147. The van der Waals surface area contributed by atoms with E-state index >= 15 is 0 Å². The normalized spacial score (nSPS) is 22.5. The number of nitrogens with zero attached hydrogens (tertiary/aromatic N) is 1. The topological polar surface area (TPSA) is 72.6 Å². The van der Waals surface area contributed by atoms with Gasteiger partial charge in [-0.05, 0) is 18.1 Å². The molecule has 0 spiro atoms. The van der Waals surface area contributed by atoms with Gasteiger partial charge >= 0.3 is 6.09 Å². The highest BCUT2D eigenvalue weighted by molar-refractivity contribution is 6.02. The molecule has 1 aliphatic heterocycles. The number of carbonyl (C=O) groups is 2. The lowest BCUT2D eigenvalue weighted by molar-refractivity contribution is -0.149. The van der Waals surface area contributed by atoms with Crippen LogP contribution in [0.1, 0.15) is 32.8 Å². The van der Waals surface area contributed by atoms with Gasteiger partial charge in [0.2, 0.25) is 0 Å². The van der Waals surface area contributed by atoms with Gasteiger partial charge in [0.1, 0.15) is 0 Å². The second-order valence-corrected chi connectivity index (χ2v) is 6.49. The summed E-state index contributed by atoms with van der Waals surface area (Å²) in [5, 5.41) is 0. The second-order valence-electron chi connectivity index (χ2n) is 6.49. The first kappa shape index (κ1) is 15.4. The number of rotatable bonds is 1. The molecule has 1 heterocycles. The minimum atomic E-state index is -1.26. The van der Waals surface area contributed by atoms with Crippen molar-refractivity contribution in [3.8, 4) is 0 Å². The zero-order valence-electron chi connectivity index (χ0n) is 13.0. The monoisotopic (exact) mass is 290 g/mol. The molecular formula is C16H22N2O3. The molecule has 0 bridgehead atoms. The molecular weight excluding hydrogens is 268 g/mol. The highest BCUT2D eigenvalue weighted by Crippen LogP contribution is 2.43. The number of para-hydroxylation sites is 1. The lowest BCUT2D eigenvalue weighted by atomic mass is 9.72. The first-order chi connectivity index (χ1) is 9.69. The number of hydrogen-bond donors (Lipinski definition) is 1. The van der Waals surface area contributed by atoms with Gasteiger partial charge in [-0.1, -0.05) is 39.0 Å². The Kier molecular flexibility index (Phi) is 3.70. The van der Waals surface area contributed by atoms with Gasteiger partial charge in [0, 0.05) is 24.6 Å². The number of amides is 2. The summed E-state index contributed by atoms with van der Waals surface area (Å²) >= 11 is 0. The van der Waals surface area contributed by atoms with Crippen molar-refractivity contribution in [3.05, 3.63) is 29.8 Å². The number of likely N-dealkylation sites (N-methyl/N-ethyl adjacent to an activating group) is 1. The summed E-state index contributed by atoms with van der Waals surface area (Å²) < 4.78 is 5.38. The maximum Gasteiger partial charge on any atom is 0.405 e. The highest BCUT2D eigenvalue weighted by Gasteiger charge is 2.54. The molecule has 114 valence electrons. The first-order valence-electron chi connectivity index (χ1n) is 7.03. The maximum absolute atomic E-state index is 13.0. The van der Waals surface area contributed by atoms with Crippen molar-refractivity contribution >= 4 is 17.7 Å². The van der Waals surface area contributed by atoms with E-state index in [4.69, 9.17) is 10.5 Å². The van der Waals surface area contributed by atoms with Crippen LogP contribution < -0.4 is 10.6 Å². The Morgan fingerprint density at radius 1 is 1.33 bits per heavy atom. The zero-order valence-corrected chi connectivity index (χ0v) is 13.0.